The van der Waals surface area contributed by atoms with Crippen LogP contribution in [0.2, 0.25) is 0 Å². The molecule has 3 fully saturated rings. The molecular formula is C30H34N8O2. The Labute approximate surface area is 233 Å². The number of nitrogens with zero attached hydrogens (tertiary/aromatic N) is 5. The number of benzene rings is 1. The van der Waals surface area contributed by atoms with Gasteiger partial charge in [0.15, 0.2) is 0 Å². The van der Waals surface area contributed by atoms with Crippen LogP contribution >= 0.6 is 0 Å². The highest BCUT2D eigenvalue weighted by Crippen LogP contribution is 2.35. The van der Waals surface area contributed by atoms with Crippen LogP contribution in [0.4, 0.5) is 11.5 Å². The summed E-state index contributed by atoms with van der Waals surface area (Å²) < 4.78 is 5.64. The normalized spacial score (nSPS) is 23.0. The molecule has 0 spiro atoms. The quantitative estimate of drug-likeness (QED) is 0.342. The number of amides is 1. The van der Waals surface area contributed by atoms with E-state index in [4.69, 9.17) is 10.5 Å². The standard InChI is InChI=1S/C30H34N8O2/c31-23-2-1-9-37(15-23)12-19-7-8-32-27(10-19)30(39)35-24-5-3-20(4-6-24)26-11-25-28(36-26)33-18-34-29(25)38-13-21-16-40-17-22(21)14-38/h3-8,10-11,18,21-23H,1-2,9,12-17,31H2,(H,35,39)(H,33,34,36)/t21?,22?,23-/m1/s1. The summed E-state index contributed by atoms with van der Waals surface area (Å²) in [5, 5.41) is 4.00. The number of carbonyl (C=O) groups excluding carboxylic acids is 1. The number of likely N-dealkylation sites (tertiary alicyclic amines) is 1. The summed E-state index contributed by atoms with van der Waals surface area (Å²) in [6.45, 7) is 6.30. The first-order chi connectivity index (χ1) is 19.6. The van der Waals surface area contributed by atoms with Crippen LogP contribution in [0.1, 0.15) is 28.9 Å². The summed E-state index contributed by atoms with van der Waals surface area (Å²) in [4.78, 5) is 34.5. The Morgan fingerprint density at radius 3 is 2.67 bits per heavy atom. The number of carbonyl (C=O) groups is 1. The molecule has 1 amide bonds. The first-order valence-electron chi connectivity index (χ1n) is 14.1. The van der Waals surface area contributed by atoms with Crippen LogP contribution in [0.3, 0.4) is 0 Å². The highest BCUT2D eigenvalue weighted by molar-refractivity contribution is 6.03. The van der Waals surface area contributed by atoms with Gasteiger partial charge in [0.25, 0.3) is 5.91 Å². The van der Waals surface area contributed by atoms with Crippen molar-refractivity contribution in [3.05, 3.63) is 66.2 Å². The summed E-state index contributed by atoms with van der Waals surface area (Å²) in [6, 6.07) is 14.0. The molecule has 10 nitrogen and oxygen atoms in total. The molecule has 1 aromatic carbocycles. The molecule has 0 bridgehead atoms. The summed E-state index contributed by atoms with van der Waals surface area (Å²) in [5.41, 5.74) is 11.1. The Kier molecular flexibility index (Phi) is 6.66. The largest absolute Gasteiger partial charge is 0.381 e. The van der Waals surface area contributed by atoms with Gasteiger partial charge in [-0.25, -0.2) is 9.97 Å². The van der Waals surface area contributed by atoms with E-state index in [2.05, 4.69) is 41.1 Å². The lowest BCUT2D eigenvalue weighted by Gasteiger charge is -2.30. The SMILES string of the molecule is N[C@@H]1CCCN(Cc2ccnc(C(=O)Nc3ccc(-c4cc5c(N6CC7COCC7C6)ncnc5[nH]4)cc3)c2)C1. The Morgan fingerprint density at radius 1 is 1.05 bits per heavy atom. The number of anilines is 2. The molecular weight excluding hydrogens is 504 g/mol. The minimum Gasteiger partial charge on any atom is -0.381 e. The molecule has 4 aromatic rings. The molecule has 0 saturated carbocycles. The number of hydrogen-bond acceptors (Lipinski definition) is 8. The van der Waals surface area contributed by atoms with E-state index in [0.717, 1.165) is 92.5 Å². The zero-order chi connectivity index (χ0) is 27.1. The van der Waals surface area contributed by atoms with Crippen LogP contribution in [0.25, 0.3) is 22.3 Å². The first-order valence-corrected chi connectivity index (χ1v) is 14.1. The van der Waals surface area contributed by atoms with Gasteiger partial charge in [0, 0.05) is 61.6 Å². The van der Waals surface area contributed by atoms with Gasteiger partial charge in [0.05, 0.1) is 18.6 Å². The fourth-order valence-corrected chi connectivity index (χ4v) is 6.31. The molecule has 7 rings (SSSR count). The molecule has 10 heteroatoms. The average Bonchev–Trinajstić information content (AvgIpc) is 3.69. The smallest absolute Gasteiger partial charge is 0.274 e. The number of rotatable bonds is 6. The number of H-pyrrole nitrogens is 1. The molecule has 2 unspecified atom stereocenters. The first kappa shape index (κ1) is 25.1. The molecule has 3 aliphatic heterocycles. The number of nitrogens with two attached hydrogens (primary N) is 1. The van der Waals surface area contributed by atoms with E-state index in [-0.39, 0.29) is 11.9 Å². The van der Waals surface area contributed by atoms with Crippen molar-refractivity contribution in [2.75, 3.05) is 49.6 Å². The molecule has 4 N–H and O–H groups in total. The number of aromatic nitrogens is 4. The molecule has 0 radical (unpaired) electrons. The maximum absolute atomic E-state index is 13.0. The molecule has 3 aliphatic rings. The number of aromatic amines is 1. The van der Waals surface area contributed by atoms with E-state index < -0.39 is 0 Å². The lowest BCUT2D eigenvalue weighted by molar-refractivity contribution is 0.102. The predicted molar refractivity (Wildman–Crippen MR) is 154 cm³/mol. The maximum Gasteiger partial charge on any atom is 0.274 e. The third-order valence-electron chi connectivity index (χ3n) is 8.40. The molecule has 40 heavy (non-hydrogen) atoms. The highest BCUT2D eigenvalue weighted by Gasteiger charge is 2.38. The van der Waals surface area contributed by atoms with Crippen LogP contribution in [0.5, 0.6) is 0 Å². The van der Waals surface area contributed by atoms with Gasteiger partial charge < -0.3 is 25.7 Å². The molecule has 6 heterocycles. The number of nitrogens with one attached hydrogen (secondary N) is 2. The third-order valence-corrected chi connectivity index (χ3v) is 8.40. The van der Waals surface area contributed by atoms with E-state index in [0.29, 0.717) is 23.2 Å². The van der Waals surface area contributed by atoms with Crippen LogP contribution in [0.15, 0.2) is 55.0 Å². The second-order valence-electron chi connectivity index (χ2n) is 11.3. The van der Waals surface area contributed by atoms with Gasteiger partial charge in [-0.05, 0) is 60.8 Å². The van der Waals surface area contributed by atoms with Crippen molar-refractivity contribution in [3.63, 3.8) is 0 Å². The van der Waals surface area contributed by atoms with Gasteiger partial charge in [-0.3, -0.25) is 14.7 Å². The fraction of sp³-hybridized carbons (Fsp3) is 0.400. The number of hydrogen-bond donors (Lipinski definition) is 3. The molecule has 206 valence electrons. The van der Waals surface area contributed by atoms with Gasteiger partial charge in [-0.15, -0.1) is 0 Å². The minimum absolute atomic E-state index is 0.223. The van der Waals surface area contributed by atoms with Crippen molar-refractivity contribution in [2.24, 2.45) is 17.6 Å². The summed E-state index contributed by atoms with van der Waals surface area (Å²) >= 11 is 0. The van der Waals surface area contributed by atoms with Gasteiger partial charge in [0.1, 0.15) is 23.5 Å². The number of piperidine rings is 1. The molecule has 3 saturated heterocycles. The fourth-order valence-electron chi connectivity index (χ4n) is 6.31. The van der Waals surface area contributed by atoms with Gasteiger partial charge in [0.2, 0.25) is 0 Å². The van der Waals surface area contributed by atoms with Crippen LogP contribution < -0.4 is 16.0 Å². The second kappa shape index (κ2) is 10.6. The van der Waals surface area contributed by atoms with E-state index in [1.807, 2.05) is 36.4 Å². The highest BCUT2D eigenvalue weighted by atomic mass is 16.5. The van der Waals surface area contributed by atoms with Gasteiger partial charge in [-0.1, -0.05) is 12.1 Å². The van der Waals surface area contributed by atoms with Crippen LogP contribution in [0, 0.1) is 11.8 Å². The minimum atomic E-state index is -0.226. The lowest BCUT2D eigenvalue weighted by Crippen LogP contribution is -2.42. The van der Waals surface area contributed by atoms with Crippen LogP contribution in [-0.4, -0.2) is 76.2 Å². The van der Waals surface area contributed by atoms with Crippen molar-refractivity contribution in [2.45, 2.75) is 25.4 Å². The topological polar surface area (TPSA) is 125 Å². The zero-order valence-electron chi connectivity index (χ0n) is 22.4. The molecule has 0 aliphatic carbocycles. The van der Waals surface area contributed by atoms with Crippen molar-refractivity contribution in [1.29, 1.82) is 0 Å². The lowest BCUT2D eigenvalue weighted by atomic mass is 10.0. The van der Waals surface area contributed by atoms with Crippen molar-refractivity contribution in [3.8, 4) is 11.3 Å². The van der Waals surface area contributed by atoms with Crippen molar-refractivity contribution in [1.82, 2.24) is 24.8 Å². The van der Waals surface area contributed by atoms with E-state index in [1.165, 1.54) is 0 Å². The van der Waals surface area contributed by atoms with E-state index in [9.17, 15) is 4.79 Å². The summed E-state index contributed by atoms with van der Waals surface area (Å²) in [7, 11) is 0. The Morgan fingerprint density at radius 2 is 1.88 bits per heavy atom. The van der Waals surface area contributed by atoms with E-state index in [1.54, 1.807) is 12.5 Å². The zero-order valence-corrected chi connectivity index (χ0v) is 22.4. The Bertz CT molecular complexity index is 1510. The van der Waals surface area contributed by atoms with E-state index >= 15 is 0 Å². The summed E-state index contributed by atoms with van der Waals surface area (Å²) in [6.07, 6.45) is 5.51. The average molecular weight is 539 g/mol. The summed E-state index contributed by atoms with van der Waals surface area (Å²) in [5.74, 6) is 1.91. The monoisotopic (exact) mass is 538 g/mol. The third kappa shape index (κ3) is 5.05. The second-order valence-corrected chi connectivity index (χ2v) is 11.3. The number of ether oxygens (including phenoxy) is 1. The predicted octanol–water partition coefficient (Wildman–Crippen LogP) is 3.28. The van der Waals surface area contributed by atoms with Crippen molar-refractivity contribution >= 4 is 28.4 Å². The Balaban J connectivity index is 1.03. The van der Waals surface area contributed by atoms with Crippen molar-refractivity contribution < 1.29 is 9.53 Å². The van der Waals surface area contributed by atoms with Gasteiger partial charge >= 0.3 is 0 Å². The number of fused-ring (bicyclic) bond motifs is 2. The molecule has 3 aromatic heterocycles. The Hall–Kier alpha value is -3.86. The number of pyridine rings is 1. The maximum atomic E-state index is 13.0. The van der Waals surface area contributed by atoms with Gasteiger partial charge in [-0.2, -0.15) is 0 Å². The molecule has 3 atom stereocenters. The van der Waals surface area contributed by atoms with Crippen LogP contribution in [-0.2, 0) is 11.3 Å².